The summed E-state index contributed by atoms with van der Waals surface area (Å²) in [4.78, 5) is 36.7. The van der Waals surface area contributed by atoms with Gasteiger partial charge in [-0.2, -0.15) is 0 Å². The van der Waals surface area contributed by atoms with Gasteiger partial charge in [-0.1, -0.05) is 23.2 Å². The van der Waals surface area contributed by atoms with E-state index in [4.69, 9.17) is 27.9 Å². The molecule has 1 amide bonds. The van der Waals surface area contributed by atoms with Crippen molar-refractivity contribution in [2.24, 2.45) is 5.92 Å². The summed E-state index contributed by atoms with van der Waals surface area (Å²) in [5, 5.41) is 0.838. The average Bonchev–Trinajstić information content (AvgIpc) is 2.99. The lowest BCUT2D eigenvalue weighted by atomic mass is 10.1. The molecule has 0 unspecified atom stereocenters. The Morgan fingerprint density at radius 1 is 1.16 bits per heavy atom. The zero-order chi connectivity index (χ0) is 18.0. The highest BCUT2D eigenvalue weighted by molar-refractivity contribution is 6.35. The number of benzene rings is 2. The van der Waals surface area contributed by atoms with Crippen molar-refractivity contribution in [1.82, 2.24) is 0 Å². The van der Waals surface area contributed by atoms with Crippen molar-refractivity contribution >= 4 is 47.1 Å². The quantitative estimate of drug-likeness (QED) is 0.462. The van der Waals surface area contributed by atoms with Crippen LogP contribution >= 0.6 is 23.2 Å². The molecule has 7 heteroatoms. The van der Waals surface area contributed by atoms with Crippen molar-refractivity contribution in [3.05, 3.63) is 58.1 Å². The summed E-state index contributed by atoms with van der Waals surface area (Å²) in [7, 11) is 0. The Morgan fingerprint density at radius 2 is 1.88 bits per heavy atom. The molecule has 25 heavy (non-hydrogen) atoms. The summed E-state index contributed by atoms with van der Waals surface area (Å²) in [5.74, 6) is -1.01. The first-order chi connectivity index (χ1) is 12.0. The van der Waals surface area contributed by atoms with Crippen LogP contribution in [0.25, 0.3) is 0 Å². The van der Waals surface area contributed by atoms with Gasteiger partial charge in [-0.25, -0.2) is 0 Å². The molecule has 0 aliphatic carbocycles. The van der Waals surface area contributed by atoms with E-state index in [1.165, 1.54) is 17.0 Å². The fourth-order valence-electron chi connectivity index (χ4n) is 2.60. The molecule has 0 spiro atoms. The number of rotatable bonds is 4. The van der Waals surface area contributed by atoms with Crippen LogP contribution in [0.5, 0.6) is 5.75 Å². The molecule has 2 aromatic rings. The number of hydrogen-bond donors (Lipinski definition) is 0. The number of esters is 1. The SMILES string of the molecule is O=Cc1ccc(OC(=O)[C@H]2CC(=O)N(c3cc(Cl)ccc3Cl)C2)cc1. The second-order valence-electron chi connectivity index (χ2n) is 5.61. The smallest absolute Gasteiger partial charge is 0.316 e. The Hall–Kier alpha value is -2.37. The van der Waals surface area contributed by atoms with Gasteiger partial charge < -0.3 is 9.64 Å². The van der Waals surface area contributed by atoms with Gasteiger partial charge in [0.05, 0.1) is 16.6 Å². The van der Waals surface area contributed by atoms with Gasteiger partial charge >= 0.3 is 5.97 Å². The van der Waals surface area contributed by atoms with Gasteiger partial charge in [0.15, 0.2) is 0 Å². The van der Waals surface area contributed by atoms with E-state index in [-0.39, 0.29) is 18.9 Å². The lowest BCUT2D eigenvalue weighted by Gasteiger charge is -2.18. The van der Waals surface area contributed by atoms with Crippen LogP contribution < -0.4 is 9.64 Å². The highest BCUT2D eigenvalue weighted by atomic mass is 35.5. The Kier molecular flexibility index (Phi) is 5.06. The number of nitrogens with zero attached hydrogens (tertiary/aromatic N) is 1. The van der Waals surface area contributed by atoms with E-state index < -0.39 is 11.9 Å². The minimum atomic E-state index is -0.603. The predicted molar refractivity (Wildman–Crippen MR) is 94.4 cm³/mol. The van der Waals surface area contributed by atoms with Crippen LogP contribution in [-0.4, -0.2) is 24.7 Å². The van der Waals surface area contributed by atoms with E-state index in [1.54, 1.807) is 30.3 Å². The lowest BCUT2D eigenvalue weighted by molar-refractivity contribution is -0.139. The fraction of sp³-hybridized carbons (Fsp3) is 0.167. The van der Waals surface area contributed by atoms with Crippen LogP contribution in [-0.2, 0) is 9.59 Å². The summed E-state index contributed by atoms with van der Waals surface area (Å²) in [6, 6.07) is 11.0. The topological polar surface area (TPSA) is 63.7 Å². The molecule has 1 aliphatic rings. The Labute approximate surface area is 154 Å². The molecule has 3 rings (SSSR count). The van der Waals surface area contributed by atoms with Crippen LogP contribution in [0.2, 0.25) is 10.0 Å². The molecule has 1 heterocycles. The van der Waals surface area contributed by atoms with Crippen molar-refractivity contribution in [3.8, 4) is 5.75 Å². The van der Waals surface area contributed by atoms with E-state index in [0.29, 0.717) is 33.3 Å². The van der Waals surface area contributed by atoms with Crippen molar-refractivity contribution in [2.75, 3.05) is 11.4 Å². The number of carbonyl (C=O) groups is 3. The molecule has 1 atom stereocenters. The largest absolute Gasteiger partial charge is 0.426 e. The van der Waals surface area contributed by atoms with Crippen LogP contribution in [0, 0.1) is 5.92 Å². The maximum absolute atomic E-state index is 12.3. The number of ether oxygens (including phenoxy) is 1. The number of aldehydes is 1. The van der Waals surface area contributed by atoms with Crippen LogP contribution in [0.15, 0.2) is 42.5 Å². The van der Waals surface area contributed by atoms with E-state index in [2.05, 4.69) is 0 Å². The van der Waals surface area contributed by atoms with Gasteiger partial charge in [-0.05, 0) is 42.5 Å². The first kappa shape index (κ1) is 17.5. The van der Waals surface area contributed by atoms with E-state index in [9.17, 15) is 14.4 Å². The molecule has 128 valence electrons. The average molecular weight is 378 g/mol. The van der Waals surface area contributed by atoms with E-state index >= 15 is 0 Å². The molecule has 1 saturated heterocycles. The molecule has 1 aliphatic heterocycles. The van der Waals surface area contributed by atoms with Crippen LogP contribution in [0.1, 0.15) is 16.8 Å². The van der Waals surface area contributed by atoms with Crippen molar-refractivity contribution in [3.63, 3.8) is 0 Å². The number of hydrogen-bond acceptors (Lipinski definition) is 4. The maximum Gasteiger partial charge on any atom is 0.316 e. The summed E-state index contributed by atoms with van der Waals surface area (Å²) in [5.41, 5.74) is 0.961. The van der Waals surface area contributed by atoms with Gasteiger partial charge in [0.1, 0.15) is 12.0 Å². The van der Waals surface area contributed by atoms with Gasteiger partial charge in [-0.3, -0.25) is 14.4 Å². The zero-order valence-corrected chi connectivity index (χ0v) is 14.5. The van der Waals surface area contributed by atoms with Crippen molar-refractivity contribution in [1.29, 1.82) is 0 Å². The first-order valence-corrected chi connectivity index (χ1v) is 8.26. The third-order valence-corrected chi connectivity index (χ3v) is 4.45. The van der Waals surface area contributed by atoms with E-state index in [0.717, 1.165) is 0 Å². The summed E-state index contributed by atoms with van der Waals surface area (Å²) < 4.78 is 5.29. The van der Waals surface area contributed by atoms with Crippen LogP contribution in [0.4, 0.5) is 5.69 Å². The molecule has 0 N–H and O–H groups in total. The fourth-order valence-corrected chi connectivity index (χ4v) is 2.99. The second kappa shape index (κ2) is 7.25. The van der Waals surface area contributed by atoms with Crippen LogP contribution in [0.3, 0.4) is 0 Å². The summed E-state index contributed by atoms with van der Waals surface area (Å²) in [6.07, 6.45) is 0.738. The zero-order valence-electron chi connectivity index (χ0n) is 12.9. The third-order valence-electron chi connectivity index (χ3n) is 3.89. The first-order valence-electron chi connectivity index (χ1n) is 7.50. The molecule has 5 nitrogen and oxygen atoms in total. The predicted octanol–water partition coefficient (Wildman–Crippen LogP) is 3.76. The van der Waals surface area contributed by atoms with Crippen molar-refractivity contribution in [2.45, 2.75) is 6.42 Å². The number of halogens is 2. The Balaban J connectivity index is 1.71. The van der Waals surface area contributed by atoms with Gasteiger partial charge in [0.25, 0.3) is 0 Å². The lowest BCUT2D eigenvalue weighted by Crippen LogP contribution is -2.27. The van der Waals surface area contributed by atoms with Gasteiger partial charge in [-0.15, -0.1) is 0 Å². The number of anilines is 1. The van der Waals surface area contributed by atoms with E-state index in [1.807, 2.05) is 0 Å². The molecule has 0 bridgehead atoms. The second-order valence-corrected chi connectivity index (χ2v) is 6.45. The molecule has 0 aromatic heterocycles. The molecule has 1 fully saturated rings. The summed E-state index contributed by atoms with van der Waals surface area (Å²) >= 11 is 12.1. The highest BCUT2D eigenvalue weighted by Crippen LogP contribution is 2.33. The minimum absolute atomic E-state index is 0.0358. The normalized spacial score (nSPS) is 16.8. The number of carbonyl (C=O) groups excluding carboxylic acids is 3. The Morgan fingerprint density at radius 3 is 2.56 bits per heavy atom. The molecule has 0 saturated carbocycles. The molecular weight excluding hydrogens is 365 g/mol. The highest BCUT2D eigenvalue weighted by Gasteiger charge is 2.37. The standard InChI is InChI=1S/C18H13Cl2NO4/c19-13-3-6-15(20)16(8-13)21-9-12(7-17(21)23)18(24)25-14-4-1-11(10-22)2-5-14/h1-6,8,10,12H,7,9H2/t12-/m0/s1. The maximum atomic E-state index is 12.3. The minimum Gasteiger partial charge on any atom is -0.426 e. The monoisotopic (exact) mass is 377 g/mol. The molecular formula is C18H13Cl2NO4. The molecule has 0 radical (unpaired) electrons. The Bertz CT molecular complexity index is 835. The third kappa shape index (κ3) is 3.83. The van der Waals surface area contributed by atoms with Gasteiger partial charge in [0, 0.05) is 23.6 Å². The number of amides is 1. The van der Waals surface area contributed by atoms with Gasteiger partial charge in [0.2, 0.25) is 5.91 Å². The van der Waals surface area contributed by atoms with Crippen molar-refractivity contribution < 1.29 is 19.1 Å². The molecule has 2 aromatic carbocycles. The summed E-state index contributed by atoms with van der Waals surface area (Å²) in [6.45, 7) is 0.171.